The van der Waals surface area contributed by atoms with Gasteiger partial charge in [0.25, 0.3) is 5.91 Å². The van der Waals surface area contributed by atoms with Crippen molar-refractivity contribution in [3.63, 3.8) is 0 Å². The molecule has 1 N–H and O–H groups in total. The number of benzene rings is 1. The highest BCUT2D eigenvalue weighted by Crippen LogP contribution is 2.42. The lowest BCUT2D eigenvalue weighted by molar-refractivity contribution is -0.155. The number of esters is 2. The Kier molecular flexibility index (Phi) is 7.54. The third-order valence-electron chi connectivity index (χ3n) is 5.11. The van der Waals surface area contributed by atoms with Gasteiger partial charge in [-0.2, -0.15) is 0 Å². The molecule has 154 valence electrons. The van der Waals surface area contributed by atoms with Gasteiger partial charge in [0.2, 0.25) is 0 Å². The van der Waals surface area contributed by atoms with Crippen LogP contribution >= 0.6 is 0 Å². The zero-order valence-electron chi connectivity index (χ0n) is 16.6. The second-order valence-electron chi connectivity index (χ2n) is 7.65. The fraction of sp³-hybridized carbons (Fsp3) is 0.571. The number of methoxy groups -OCH3 is 1. The molecule has 1 atom stereocenters. The number of amides is 1. The van der Waals surface area contributed by atoms with Crippen LogP contribution < -0.4 is 5.32 Å². The molecule has 0 saturated heterocycles. The minimum Gasteiger partial charge on any atom is -0.467 e. The van der Waals surface area contributed by atoms with Gasteiger partial charge < -0.3 is 14.8 Å². The first-order chi connectivity index (χ1) is 13.3. The molecule has 2 rings (SSSR count). The summed E-state index contributed by atoms with van der Waals surface area (Å²) in [4.78, 5) is 36.9. The normalized spacial score (nSPS) is 16.5. The predicted octanol–water partition coefficient (Wildman–Crippen LogP) is 2.88. The zero-order valence-corrected chi connectivity index (χ0v) is 16.6. The molecule has 1 fully saturated rings. The van der Waals surface area contributed by atoms with E-state index in [4.69, 9.17) is 9.47 Å². The van der Waals surface area contributed by atoms with Crippen LogP contribution in [0.1, 0.15) is 51.5 Å². The van der Waals surface area contributed by atoms with Crippen LogP contribution in [0.3, 0.4) is 0 Å². The van der Waals surface area contributed by atoms with Crippen molar-refractivity contribution >= 4 is 17.8 Å². The van der Waals surface area contributed by atoms with Crippen molar-refractivity contribution in [3.05, 3.63) is 35.6 Å². The van der Waals surface area contributed by atoms with E-state index in [0.717, 1.165) is 12.8 Å². The summed E-state index contributed by atoms with van der Waals surface area (Å²) in [6.45, 7) is 3.37. The van der Waals surface area contributed by atoms with Gasteiger partial charge >= 0.3 is 11.9 Å². The van der Waals surface area contributed by atoms with Crippen molar-refractivity contribution < 1.29 is 28.2 Å². The second kappa shape index (κ2) is 9.66. The molecule has 1 aromatic carbocycles. The summed E-state index contributed by atoms with van der Waals surface area (Å²) in [5, 5.41) is 2.56. The molecule has 1 aromatic rings. The third kappa shape index (κ3) is 5.30. The maximum Gasteiger partial charge on any atom is 0.328 e. The Morgan fingerprint density at radius 2 is 1.75 bits per heavy atom. The molecule has 0 spiro atoms. The fourth-order valence-electron chi connectivity index (χ4n) is 3.69. The Morgan fingerprint density at radius 1 is 1.14 bits per heavy atom. The van der Waals surface area contributed by atoms with Gasteiger partial charge in [-0.3, -0.25) is 9.59 Å². The largest absolute Gasteiger partial charge is 0.467 e. The number of carbonyl (C=O) groups excluding carboxylic acids is 3. The maximum atomic E-state index is 13.3. The molecule has 1 amide bonds. The number of hydrogen-bond donors (Lipinski definition) is 1. The van der Waals surface area contributed by atoms with Crippen LogP contribution in [0.2, 0.25) is 0 Å². The summed E-state index contributed by atoms with van der Waals surface area (Å²) < 4.78 is 23.3. The lowest BCUT2D eigenvalue weighted by Crippen LogP contribution is -2.45. The number of rotatable bonds is 8. The van der Waals surface area contributed by atoms with Crippen molar-refractivity contribution in [2.75, 3.05) is 13.7 Å². The number of carbonyl (C=O) groups is 3. The molecule has 0 aliphatic heterocycles. The van der Waals surface area contributed by atoms with Crippen LogP contribution in [0.4, 0.5) is 4.39 Å². The first kappa shape index (κ1) is 21.9. The highest BCUT2D eigenvalue weighted by atomic mass is 19.1. The Balaban J connectivity index is 2.01. The smallest absolute Gasteiger partial charge is 0.328 e. The van der Waals surface area contributed by atoms with E-state index in [-0.39, 0.29) is 11.7 Å². The lowest BCUT2D eigenvalue weighted by Gasteiger charge is -2.27. The van der Waals surface area contributed by atoms with E-state index in [9.17, 15) is 18.8 Å². The quantitative estimate of drug-likeness (QED) is 0.687. The van der Waals surface area contributed by atoms with Crippen molar-refractivity contribution in [2.45, 2.75) is 57.4 Å². The van der Waals surface area contributed by atoms with Gasteiger partial charge in [-0.1, -0.05) is 38.8 Å². The highest BCUT2D eigenvalue weighted by Gasteiger charge is 2.44. The summed E-state index contributed by atoms with van der Waals surface area (Å²) in [6.07, 6.45) is 3.33. The lowest BCUT2D eigenvalue weighted by atomic mass is 9.79. The molecule has 0 aromatic heterocycles. The summed E-state index contributed by atoms with van der Waals surface area (Å²) in [5.41, 5.74) is -0.155. The first-order valence-corrected chi connectivity index (χ1v) is 9.59. The van der Waals surface area contributed by atoms with E-state index in [2.05, 4.69) is 5.32 Å². The minimum atomic E-state index is -0.854. The monoisotopic (exact) mass is 393 g/mol. The van der Waals surface area contributed by atoms with Crippen LogP contribution in [-0.2, 0) is 29.3 Å². The van der Waals surface area contributed by atoms with E-state index in [1.807, 2.05) is 13.8 Å². The van der Waals surface area contributed by atoms with E-state index in [1.54, 1.807) is 12.1 Å². The van der Waals surface area contributed by atoms with Crippen molar-refractivity contribution in [2.24, 2.45) is 5.92 Å². The molecular weight excluding hydrogens is 365 g/mol. The van der Waals surface area contributed by atoms with Gasteiger partial charge in [-0.25, -0.2) is 9.18 Å². The number of halogens is 1. The summed E-state index contributed by atoms with van der Waals surface area (Å²) in [6, 6.07) is 5.05. The second-order valence-corrected chi connectivity index (χ2v) is 7.65. The van der Waals surface area contributed by atoms with Crippen LogP contribution in [0, 0.1) is 11.7 Å². The van der Waals surface area contributed by atoms with Crippen molar-refractivity contribution in [3.8, 4) is 0 Å². The zero-order chi connectivity index (χ0) is 20.7. The Hall–Kier alpha value is -2.44. The van der Waals surface area contributed by atoms with Gasteiger partial charge in [-0.05, 0) is 42.9 Å². The van der Waals surface area contributed by atoms with Gasteiger partial charge in [0.1, 0.15) is 11.9 Å². The van der Waals surface area contributed by atoms with Crippen molar-refractivity contribution in [1.82, 2.24) is 5.32 Å². The van der Waals surface area contributed by atoms with Gasteiger partial charge in [0.15, 0.2) is 6.61 Å². The third-order valence-corrected chi connectivity index (χ3v) is 5.11. The molecule has 28 heavy (non-hydrogen) atoms. The minimum absolute atomic E-state index is 0.173. The molecular formula is C21H28FNO5. The van der Waals surface area contributed by atoms with E-state index >= 15 is 0 Å². The molecule has 1 aliphatic carbocycles. The standard InChI is InChI=1S/C21H28FNO5/c1-14(2)12-17(19(25)27-3)23-18(24)13-28-20(26)21(10-4-5-11-21)15-6-8-16(22)9-7-15/h6-9,14,17H,4-5,10-13H2,1-3H3,(H,23,24)/t17-/m0/s1. The summed E-state index contributed by atoms with van der Waals surface area (Å²) >= 11 is 0. The Labute approximate surface area is 164 Å². The topological polar surface area (TPSA) is 81.7 Å². The van der Waals surface area contributed by atoms with Gasteiger partial charge in [0.05, 0.1) is 12.5 Å². The molecule has 0 heterocycles. The predicted molar refractivity (Wildman–Crippen MR) is 101 cm³/mol. The number of nitrogens with one attached hydrogen (secondary N) is 1. The van der Waals surface area contributed by atoms with E-state index in [0.29, 0.717) is 24.8 Å². The van der Waals surface area contributed by atoms with E-state index < -0.39 is 35.9 Å². The molecule has 0 radical (unpaired) electrons. The molecule has 0 unspecified atom stereocenters. The van der Waals surface area contributed by atoms with Crippen molar-refractivity contribution in [1.29, 1.82) is 0 Å². The molecule has 0 bridgehead atoms. The van der Waals surface area contributed by atoms with E-state index in [1.165, 1.54) is 19.2 Å². The highest BCUT2D eigenvalue weighted by molar-refractivity contribution is 5.88. The fourth-order valence-corrected chi connectivity index (χ4v) is 3.69. The SMILES string of the molecule is COC(=O)[C@H](CC(C)C)NC(=O)COC(=O)C1(c2ccc(F)cc2)CCCC1. The van der Waals surface area contributed by atoms with Crippen LogP contribution in [0.15, 0.2) is 24.3 Å². The Bertz CT molecular complexity index is 695. The van der Waals surface area contributed by atoms with Gasteiger partial charge in [-0.15, -0.1) is 0 Å². The maximum absolute atomic E-state index is 13.3. The molecule has 6 nitrogen and oxygen atoms in total. The average Bonchev–Trinajstić information content (AvgIpc) is 3.16. The van der Waals surface area contributed by atoms with Crippen LogP contribution in [0.25, 0.3) is 0 Å². The van der Waals surface area contributed by atoms with Crippen LogP contribution in [0.5, 0.6) is 0 Å². The first-order valence-electron chi connectivity index (χ1n) is 9.59. The number of ether oxygens (including phenoxy) is 2. The summed E-state index contributed by atoms with van der Waals surface area (Å²) in [5.74, 6) is -1.79. The molecule has 1 aliphatic rings. The Morgan fingerprint density at radius 3 is 2.29 bits per heavy atom. The summed E-state index contributed by atoms with van der Waals surface area (Å²) in [7, 11) is 1.26. The molecule has 1 saturated carbocycles. The van der Waals surface area contributed by atoms with Gasteiger partial charge in [0, 0.05) is 0 Å². The average molecular weight is 393 g/mol. The molecule has 7 heteroatoms. The van der Waals surface area contributed by atoms with Crippen LogP contribution in [-0.4, -0.2) is 37.6 Å². The number of hydrogen-bond acceptors (Lipinski definition) is 5.